The molecule has 0 aromatic heterocycles. The lowest BCUT2D eigenvalue weighted by molar-refractivity contribution is 0.738. The van der Waals surface area contributed by atoms with Crippen molar-refractivity contribution in [2.24, 2.45) is 0 Å². The first-order chi connectivity index (χ1) is 3.41. The van der Waals surface area contributed by atoms with E-state index in [1.165, 1.54) is 23.7 Å². The maximum Gasteiger partial charge on any atom is -0.000473 e. The van der Waals surface area contributed by atoms with Crippen molar-refractivity contribution in [3.63, 3.8) is 0 Å². The minimum atomic E-state index is 1.11. The van der Waals surface area contributed by atoms with E-state index in [9.17, 15) is 0 Å². The van der Waals surface area contributed by atoms with Crippen LogP contribution >= 0.6 is 22.6 Å². The van der Waals surface area contributed by atoms with E-state index in [0.29, 0.717) is 0 Å². The topological polar surface area (TPSA) is 0 Å². The van der Waals surface area contributed by atoms with Gasteiger partial charge in [0.05, 0.1) is 0 Å². The summed E-state index contributed by atoms with van der Waals surface area (Å²) in [6.45, 7) is 3.76. The largest absolute Gasteiger partial charge is 0.0864 e. The normalized spacial score (nSPS) is 9.43. The summed E-state index contributed by atoms with van der Waals surface area (Å²) in [5, 5.41) is 0. The Balaban J connectivity index is 2.45. The van der Waals surface area contributed by atoms with Crippen LogP contribution < -0.4 is 0 Å². The summed E-state index contributed by atoms with van der Waals surface area (Å²) in [5.41, 5.74) is 0. The molecule has 0 saturated heterocycles. The molecule has 0 rings (SSSR count). The van der Waals surface area contributed by atoms with Gasteiger partial charge >= 0.3 is 0 Å². The molecule has 0 aliphatic rings. The van der Waals surface area contributed by atoms with Crippen molar-refractivity contribution >= 4 is 22.6 Å². The molecule has 0 amide bonds. The van der Waals surface area contributed by atoms with Crippen molar-refractivity contribution in [2.45, 2.75) is 25.7 Å². The number of hydrogen-bond donors (Lipinski definition) is 0. The smallest absolute Gasteiger partial charge is 0.000473 e. The molecule has 0 aromatic carbocycles. The molecule has 0 saturated carbocycles. The molecule has 0 heterocycles. The van der Waals surface area contributed by atoms with Crippen LogP contribution in [0.1, 0.15) is 25.7 Å². The Morgan fingerprint density at radius 2 is 1.86 bits per heavy atom. The number of unbranched alkanes of at least 4 members (excludes halogenated alkanes) is 3. The summed E-state index contributed by atoms with van der Waals surface area (Å²) in [5.74, 6) is 0. The van der Waals surface area contributed by atoms with Gasteiger partial charge < -0.3 is 0 Å². The summed E-state index contributed by atoms with van der Waals surface area (Å²) in [7, 11) is 0. The molecular weight excluding hydrogens is 199 g/mol. The zero-order chi connectivity index (χ0) is 5.54. The Labute approximate surface area is 59.8 Å². The van der Waals surface area contributed by atoms with Crippen molar-refractivity contribution in [1.82, 2.24) is 0 Å². The summed E-state index contributed by atoms with van der Waals surface area (Å²) in [4.78, 5) is 0. The van der Waals surface area contributed by atoms with Gasteiger partial charge in [0, 0.05) is 0 Å². The Morgan fingerprint density at radius 3 is 2.29 bits per heavy atom. The van der Waals surface area contributed by atoms with Gasteiger partial charge in [-0.1, -0.05) is 48.8 Å². The highest BCUT2D eigenvalue weighted by Gasteiger charge is 1.81. The predicted octanol–water partition coefficient (Wildman–Crippen LogP) is 2.82. The second kappa shape index (κ2) is 6.73. The van der Waals surface area contributed by atoms with Crippen molar-refractivity contribution < 1.29 is 0 Å². The van der Waals surface area contributed by atoms with Crippen molar-refractivity contribution in [2.75, 3.05) is 4.43 Å². The molecule has 0 aliphatic carbocycles. The van der Waals surface area contributed by atoms with Crippen molar-refractivity contribution in [3.05, 3.63) is 6.92 Å². The molecular formula is C6H12I. The molecule has 0 aromatic rings. The Kier molecular flexibility index (Phi) is 7.43. The zero-order valence-electron chi connectivity index (χ0n) is 4.62. The molecule has 0 bridgehead atoms. The highest BCUT2D eigenvalue weighted by molar-refractivity contribution is 14.1. The molecule has 0 N–H and O–H groups in total. The predicted molar refractivity (Wildman–Crippen MR) is 42.7 cm³/mol. The van der Waals surface area contributed by atoms with Crippen LogP contribution in [0.4, 0.5) is 0 Å². The van der Waals surface area contributed by atoms with Crippen LogP contribution in [-0.4, -0.2) is 4.43 Å². The summed E-state index contributed by atoms with van der Waals surface area (Å²) >= 11 is 2.41. The third-order valence-electron chi connectivity index (χ3n) is 0.884. The van der Waals surface area contributed by atoms with Crippen molar-refractivity contribution in [3.8, 4) is 0 Å². The summed E-state index contributed by atoms with van der Waals surface area (Å²) < 4.78 is 1.30. The van der Waals surface area contributed by atoms with E-state index in [4.69, 9.17) is 0 Å². The third-order valence-corrected chi connectivity index (χ3v) is 1.65. The van der Waals surface area contributed by atoms with E-state index in [2.05, 4.69) is 29.5 Å². The first-order valence-corrected chi connectivity index (χ1v) is 4.29. The van der Waals surface area contributed by atoms with Crippen LogP contribution in [0.3, 0.4) is 0 Å². The maximum atomic E-state index is 3.76. The lowest BCUT2D eigenvalue weighted by Crippen LogP contribution is -1.73. The highest BCUT2D eigenvalue weighted by Crippen LogP contribution is 2.00. The molecule has 1 radical (unpaired) electrons. The Bertz CT molecular complexity index is 23.4. The number of rotatable bonds is 4. The zero-order valence-corrected chi connectivity index (χ0v) is 6.78. The standard InChI is InChI=1S/C6H12I/c1-2-3-4-5-6-7/h1-6H2. The lowest BCUT2D eigenvalue weighted by Gasteiger charge is -1.89. The fourth-order valence-corrected chi connectivity index (χ4v) is 0.987. The monoisotopic (exact) mass is 211 g/mol. The molecule has 7 heavy (non-hydrogen) atoms. The quantitative estimate of drug-likeness (QED) is 0.381. The minimum Gasteiger partial charge on any atom is -0.0864 e. The number of hydrogen-bond acceptors (Lipinski definition) is 0. The first-order valence-electron chi connectivity index (χ1n) is 2.77. The highest BCUT2D eigenvalue weighted by atomic mass is 127. The van der Waals surface area contributed by atoms with E-state index in [-0.39, 0.29) is 0 Å². The van der Waals surface area contributed by atoms with Crippen LogP contribution in [0, 0.1) is 6.92 Å². The van der Waals surface area contributed by atoms with Gasteiger partial charge in [-0.2, -0.15) is 0 Å². The maximum absolute atomic E-state index is 3.76. The average molecular weight is 211 g/mol. The molecule has 0 aliphatic heterocycles. The first kappa shape index (κ1) is 7.73. The summed E-state index contributed by atoms with van der Waals surface area (Å²) in [6.07, 6.45) is 5.15. The lowest BCUT2D eigenvalue weighted by atomic mass is 10.2. The van der Waals surface area contributed by atoms with E-state index in [0.717, 1.165) is 6.42 Å². The second-order valence-electron chi connectivity index (χ2n) is 1.60. The molecule has 1 heteroatoms. The van der Waals surface area contributed by atoms with E-state index in [1.54, 1.807) is 0 Å². The van der Waals surface area contributed by atoms with E-state index >= 15 is 0 Å². The van der Waals surface area contributed by atoms with Gasteiger partial charge in [0.1, 0.15) is 0 Å². The van der Waals surface area contributed by atoms with Crippen LogP contribution in [0.5, 0.6) is 0 Å². The number of halogens is 1. The molecule has 0 atom stereocenters. The van der Waals surface area contributed by atoms with Gasteiger partial charge in [-0.25, -0.2) is 0 Å². The Hall–Kier alpha value is 0.730. The second-order valence-corrected chi connectivity index (χ2v) is 2.68. The van der Waals surface area contributed by atoms with Gasteiger partial charge in [-0.3, -0.25) is 0 Å². The fraction of sp³-hybridized carbons (Fsp3) is 0.833. The van der Waals surface area contributed by atoms with Gasteiger partial charge in [0.2, 0.25) is 0 Å². The minimum absolute atomic E-state index is 1.11. The molecule has 43 valence electrons. The van der Waals surface area contributed by atoms with Crippen LogP contribution in [0.15, 0.2) is 0 Å². The summed E-state index contributed by atoms with van der Waals surface area (Å²) in [6, 6.07) is 0. The van der Waals surface area contributed by atoms with Gasteiger partial charge in [0.15, 0.2) is 0 Å². The Morgan fingerprint density at radius 1 is 1.14 bits per heavy atom. The number of alkyl halides is 1. The van der Waals surface area contributed by atoms with Gasteiger partial charge in [0.25, 0.3) is 0 Å². The molecule has 0 fully saturated rings. The molecule has 0 unspecified atom stereocenters. The van der Waals surface area contributed by atoms with E-state index < -0.39 is 0 Å². The van der Waals surface area contributed by atoms with Crippen LogP contribution in [0.25, 0.3) is 0 Å². The van der Waals surface area contributed by atoms with E-state index in [1.807, 2.05) is 0 Å². The van der Waals surface area contributed by atoms with Gasteiger partial charge in [-0.05, 0) is 10.8 Å². The third kappa shape index (κ3) is 6.73. The van der Waals surface area contributed by atoms with Gasteiger partial charge in [-0.15, -0.1) is 0 Å². The fourth-order valence-electron chi connectivity index (χ4n) is 0.448. The average Bonchev–Trinajstić information content (AvgIpc) is 1.69. The molecule has 0 spiro atoms. The van der Waals surface area contributed by atoms with Crippen LogP contribution in [-0.2, 0) is 0 Å². The molecule has 0 nitrogen and oxygen atoms in total. The van der Waals surface area contributed by atoms with Crippen molar-refractivity contribution in [1.29, 1.82) is 0 Å². The SMILES string of the molecule is [CH2]CCCCCI. The van der Waals surface area contributed by atoms with Crippen LogP contribution in [0.2, 0.25) is 0 Å².